The fourth-order valence-electron chi connectivity index (χ4n) is 3.49. The van der Waals surface area contributed by atoms with Crippen LogP contribution in [0.5, 0.6) is 11.5 Å². The van der Waals surface area contributed by atoms with Crippen LogP contribution in [0.15, 0.2) is 53.7 Å². The predicted octanol–water partition coefficient (Wildman–Crippen LogP) is 3.90. The van der Waals surface area contributed by atoms with Crippen molar-refractivity contribution in [1.29, 1.82) is 0 Å². The monoisotopic (exact) mass is 412 g/mol. The number of ether oxygens (including phenoxy) is 3. The number of carbonyl (C=O) groups is 1. The van der Waals surface area contributed by atoms with Crippen molar-refractivity contribution < 1.29 is 19.0 Å². The van der Waals surface area contributed by atoms with Crippen molar-refractivity contribution in [2.75, 3.05) is 26.2 Å². The Morgan fingerprint density at radius 3 is 2.45 bits per heavy atom. The second kappa shape index (κ2) is 8.53. The van der Waals surface area contributed by atoms with E-state index in [4.69, 9.17) is 26.4 Å². The Bertz CT molecular complexity index is 987. The third kappa shape index (κ3) is 3.91. The number of methoxy groups -OCH3 is 3. The molecule has 3 rings (SSSR count). The fraction of sp³-hybridized carbons (Fsp3) is 0.273. The predicted molar refractivity (Wildman–Crippen MR) is 116 cm³/mol. The van der Waals surface area contributed by atoms with Crippen LogP contribution in [0.3, 0.4) is 0 Å². The van der Waals surface area contributed by atoms with Crippen LogP contribution in [0, 0.1) is 6.92 Å². The summed E-state index contributed by atoms with van der Waals surface area (Å²) in [5.41, 5.74) is 3.90. The smallest absolute Gasteiger partial charge is 0.337 e. The van der Waals surface area contributed by atoms with Crippen molar-refractivity contribution in [3.05, 3.63) is 64.9 Å². The number of allylic oxidation sites excluding steroid dienone is 1. The zero-order valence-corrected chi connectivity index (χ0v) is 17.9. The summed E-state index contributed by atoms with van der Waals surface area (Å²) in [5.74, 6) is 0.812. The van der Waals surface area contributed by atoms with E-state index in [0.717, 1.165) is 16.8 Å². The molecule has 6 nitrogen and oxygen atoms in total. The summed E-state index contributed by atoms with van der Waals surface area (Å²) in [7, 11) is 4.54. The topological polar surface area (TPSA) is 60.0 Å². The molecule has 0 bridgehead atoms. The first kappa shape index (κ1) is 20.7. The van der Waals surface area contributed by atoms with Crippen molar-refractivity contribution in [2.45, 2.75) is 19.9 Å². The average molecular weight is 413 g/mol. The van der Waals surface area contributed by atoms with Gasteiger partial charge in [-0.2, -0.15) is 0 Å². The SMILES string of the molecule is COC(=O)C1=C(C)N(c2cccc(C)c2)C(=S)NC1c1ccc(OC)cc1OC. The summed E-state index contributed by atoms with van der Waals surface area (Å²) < 4.78 is 15.9. The van der Waals surface area contributed by atoms with E-state index in [1.54, 1.807) is 20.3 Å². The van der Waals surface area contributed by atoms with Crippen LogP contribution >= 0.6 is 12.2 Å². The van der Waals surface area contributed by atoms with Crippen LogP contribution in [0.1, 0.15) is 24.1 Å². The highest BCUT2D eigenvalue weighted by Crippen LogP contribution is 2.39. The first-order chi connectivity index (χ1) is 13.9. The Balaban J connectivity index is 2.17. The normalized spacial score (nSPS) is 16.4. The highest BCUT2D eigenvalue weighted by molar-refractivity contribution is 7.80. The molecule has 1 N–H and O–H groups in total. The van der Waals surface area contributed by atoms with E-state index in [0.29, 0.717) is 27.9 Å². The Labute approximate surface area is 176 Å². The van der Waals surface area contributed by atoms with Crippen LogP contribution in [0.4, 0.5) is 5.69 Å². The number of nitrogens with zero attached hydrogens (tertiary/aromatic N) is 1. The number of nitrogens with one attached hydrogen (secondary N) is 1. The van der Waals surface area contributed by atoms with Gasteiger partial charge in [-0.05, 0) is 55.9 Å². The van der Waals surface area contributed by atoms with Gasteiger partial charge < -0.3 is 19.5 Å². The molecule has 0 spiro atoms. The highest BCUT2D eigenvalue weighted by Gasteiger charge is 2.36. The number of benzene rings is 2. The summed E-state index contributed by atoms with van der Waals surface area (Å²) in [6.45, 7) is 3.87. The van der Waals surface area contributed by atoms with Gasteiger partial charge >= 0.3 is 5.97 Å². The van der Waals surface area contributed by atoms with E-state index in [9.17, 15) is 4.79 Å². The van der Waals surface area contributed by atoms with Gasteiger partial charge in [0.05, 0.1) is 32.9 Å². The standard InChI is InChI=1S/C22H24N2O4S/c1-13-7-6-8-15(11-13)24-14(2)19(21(25)28-5)20(23-22(24)29)17-10-9-16(26-3)12-18(17)27-4/h6-12,20H,1-5H3,(H,23,29). The van der Waals surface area contributed by atoms with Gasteiger partial charge in [-0.1, -0.05) is 12.1 Å². The van der Waals surface area contributed by atoms with E-state index in [1.165, 1.54) is 7.11 Å². The number of aryl methyl sites for hydroxylation is 1. The third-order valence-corrected chi connectivity index (χ3v) is 5.20. The minimum absolute atomic E-state index is 0.432. The zero-order valence-electron chi connectivity index (χ0n) is 17.1. The van der Waals surface area contributed by atoms with Crippen molar-refractivity contribution in [3.63, 3.8) is 0 Å². The van der Waals surface area contributed by atoms with Gasteiger partial charge in [-0.3, -0.25) is 4.90 Å². The highest BCUT2D eigenvalue weighted by atomic mass is 32.1. The minimum atomic E-state index is -0.517. The van der Waals surface area contributed by atoms with Gasteiger partial charge in [0.1, 0.15) is 11.5 Å². The van der Waals surface area contributed by atoms with Crippen LogP contribution in [-0.4, -0.2) is 32.4 Å². The molecule has 0 fully saturated rings. The lowest BCUT2D eigenvalue weighted by molar-refractivity contribution is -0.136. The Morgan fingerprint density at radius 2 is 1.83 bits per heavy atom. The second-order valence-electron chi connectivity index (χ2n) is 6.66. The molecule has 0 aliphatic carbocycles. The summed E-state index contributed by atoms with van der Waals surface area (Å²) in [5, 5.41) is 3.78. The maximum atomic E-state index is 12.8. The van der Waals surface area contributed by atoms with Crippen LogP contribution < -0.4 is 19.7 Å². The summed E-state index contributed by atoms with van der Waals surface area (Å²) in [6.07, 6.45) is 0. The Kier molecular flexibility index (Phi) is 6.08. The van der Waals surface area contributed by atoms with Gasteiger partial charge in [-0.25, -0.2) is 4.79 Å². The third-order valence-electron chi connectivity index (χ3n) is 4.90. The average Bonchev–Trinajstić information content (AvgIpc) is 2.72. The van der Waals surface area contributed by atoms with Crippen molar-refractivity contribution in [3.8, 4) is 11.5 Å². The van der Waals surface area contributed by atoms with Gasteiger partial charge in [0.2, 0.25) is 0 Å². The van der Waals surface area contributed by atoms with Crippen LogP contribution in [0.25, 0.3) is 0 Å². The van der Waals surface area contributed by atoms with Crippen LogP contribution in [-0.2, 0) is 9.53 Å². The fourth-order valence-corrected chi connectivity index (χ4v) is 3.85. The van der Waals surface area contributed by atoms with Crippen molar-refractivity contribution in [1.82, 2.24) is 5.32 Å². The maximum absolute atomic E-state index is 12.8. The van der Waals surface area contributed by atoms with Crippen LogP contribution in [0.2, 0.25) is 0 Å². The Morgan fingerprint density at radius 1 is 1.07 bits per heavy atom. The number of hydrogen-bond acceptors (Lipinski definition) is 5. The molecule has 0 amide bonds. The first-order valence-corrected chi connectivity index (χ1v) is 9.50. The lowest BCUT2D eigenvalue weighted by atomic mass is 9.93. The van der Waals surface area contributed by atoms with Gasteiger partial charge in [-0.15, -0.1) is 0 Å². The molecule has 2 aromatic carbocycles. The van der Waals surface area contributed by atoms with Gasteiger partial charge in [0, 0.05) is 23.0 Å². The zero-order chi connectivity index (χ0) is 21.1. The van der Waals surface area contributed by atoms with Gasteiger partial charge in [0.25, 0.3) is 0 Å². The molecule has 0 radical (unpaired) electrons. The molecule has 0 saturated heterocycles. The number of hydrogen-bond donors (Lipinski definition) is 1. The molecule has 0 saturated carbocycles. The lowest BCUT2D eigenvalue weighted by Gasteiger charge is -2.37. The summed E-state index contributed by atoms with van der Waals surface area (Å²) in [4.78, 5) is 14.6. The number of thiocarbonyl (C=S) groups is 1. The van der Waals surface area contributed by atoms with Crippen molar-refractivity contribution >= 4 is 29.0 Å². The molecular weight excluding hydrogens is 388 g/mol. The molecule has 0 aromatic heterocycles. The first-order valence-electron chi connectivity index (χ1n) is 9.09. The number of rotatable bonds is 5. The molecule has 1 aliphatic heterocycles. The minimum Gasteiger partial charge on any atom is -0.497 e. The summed E-state index contributed by atoms with van der Waals surface area (Å²) >= 11 is 5.67. The van der Waals surface area contributed by atoms with E-state index >= 15 is 0 Å². The number of anilines is 1. The van der Waals surface area contributed by atoms with E-state index in [2.05, 4.69) is 5.32 Å². The van der Waals surface area contributed by atoms with Gasteiger partial charge in [0.15, 0.2) is 5.11 Å². The molecule has 152 valence electrons. The molecule has 2 aromatic rings. The summed E-state index contributed by atoms with van der Waals surface area (Å²) in [6, 6.07) is 12.9. The van der Waals surface area contributed by atoms with E-state index in [-0.39, 0.29) is 0 Å². The molecule has 1 heterocycles. The molecule has 1 atom stereocenters. The van der Waals surface area contributed by atoms with Crippen molar-refractivity contribution in [2.24, 2.45) is 0 Å². The number of esters is 1. The Hall–Kier alpha value is -3.06. The number of carbonyl (C=O) groups excluding carboxylic acids is 1. The van der Waals surface area contributed by atoms with E-state index < -0.39 is 12.0 Å². The lowest BCUT2D eigenvalue weighted by Crippen LogP contribution is -2.48. The maximum Gasteiger partial charge on any atom is 0.337 e. The molecule has 1 aliphatic rings. The molecule has 29 heavy (non-hydrogen) atoms. The molecular formula is C22H24N2O4S. The second-order valence-corrected chi connectivity index (χ2v) is 7.04. The molecule has 7 heteroatoms. The van der Waals surface area contributed by atoms with E-state index in [1.807, 2.05) is 55.1 Å². The molecule has 1 unspecified atom stereocenters. The largest absolute Gasteiger partial charge is 0.497 e. The quantitative estimate of drug-likeness (QED) is 0.590.